The van der Waals surface area contributed by atoms with E-state index in [-0.39, 0.29) is 30.7 Å². The van der Waals surface area contributed by atoms with Crippen LogP contribution in [0.15, 0.2) is 24.3 Å². The number of thiazole rings is 1. The molecule has 1 amide bonds. The molecule has 2 fully saturated rings. The van der Waals surface area contributed by atoms with Gasteiger partial charge in [0.05, 0.1) is 12.3 Å². The Morgan fingerprint density at radius 3 is 2.41 bits per heavy atom. The predicted octanol–water partition coefficient (Wildman–Crippen LogP) is 4.72. The van der Waals surface area contributed by atoms with Crippen molar-refractivity contribution >= 4 is 42.1 Å². The normalized spacial score (nSPS) is 22.4. The highest BCUT2D eigenvalue weighted by molar-refractivity contribution is 7.17. The molecule has 2 atom stereocenters. The van der Waals surface area contributed by atoms with E-state index in [1.54, 1.807) is 0 Å². The van der Waals surface area contributed by atoms with E-state index in [1.807, 2.05) is 50.1 Å². The maximum atomic E-state index is 13.1. The third kappa shape index (κ3) is 5.05. The molecule has 2 unspecified atom stereocenters. The molecular weight excluding hydrogens is 429 g/mol. The maximum Gasteiger partial charge on any atom is 0.265 e. The molecule has 0 spiro atoms. The molecule has 29 heavy (non-hydrogen) atoms. The van der Waals surface area contributed by atoms with Crippen molar-refractivity contribution in [1.29, 1.82) is 0 Å². The molecule has 5 nitrogen and oxygen atoms in total. The zero-order valence-electron chi connectivity index (χ0n) is 17.0. The summed E-state index contributed by atoms with van der Waals surface area (Å²) in [5, 5.41) is 4.53. The van der Waals surface area contributed by atoms with Crippen LogP contribution in [0.3, 0.4) is 0 Å². The van der Waals surface area contributed by atoms with Crippen LogP contribution in [-0.2, 0) is 0 Å². The van der Waals surface area contributed by atoms with Crippen LogP contribution in [0.1, 0.15) is 48.0 Å². The highest BCUT2D eigenvalue weighted by Gasteiger charge is 2.37. The fraction of sp³-hybridized carbons (Fsp3) is 0.524. The molecule has 8 heteroatoms. The summed E-state index contributed by atoms with van der Waals surface area (Å²) in [6.45, 7) is 4.56. The van der Waals surface area contributed by atoms with Crippen LogP contribution in [0.2, 0.25) is 0 Å². The lowest BCUT2D eigenvalue weighted by molar-refractivity contribution is 0.0685. The Labute approximate surface area is 189 Å². The number of hydrogen-bond donors (Lipinski definition) is 1. The summed E-state index contributed by atoms with van der Waals surface area (Å²) in [4.78, 5) is 20.5. The van der Waals surface area contributed by atoms with Gasteiger partial charge in [0.15, 0.2) is 0 Å². The highest BCUT2D eigenvalue weighted by Crippen LogP contribution is 2.33. The standard InChI is InChI=1S/C21H27N3O2S.2ClH/c1-4-26-18-9-5-14(6-10-18)20-22-13(2)19(27-20)21(25)24(3)17-11-15-7-8-16(12-17)23-15;;/h5-6,9-10,15-17,23H,4,7-8,11-12H2,1-3H3;2*1H. The Morgan fingerprint density at radius 2 is 1.83 bits per heavy atom. The van der Waals surface area contributed by atoms with Crippen LogP contribution < -0.4 is 10.1 Å². The molecule has 2 aliphatic heterocycles. The monoisotopic (exact) mass is 457 g/mol. The van der Waals surface area contributed by atoms with Crippen molar-refractivity contribution in [1.82, 2.24) is 15.2 Å². The number of carbonyl (C=O) groups is 1. The third-order valence-electron chi connectivity index (χ3n) is 5.72. The van der Waals surface area contributed by atoms with E-state index in [4.69, 9.17) is 4.74 Å². The first-order valence-corrected chi connectivity index (χ1v) is 10.6. The fourth-order valence-corrected chi connectivity index (χ4v) is 5.30. The van der Waals surface area contributed by atoms with Crippen molar-refractivity contribution in [2.75, 3.05) is 13.7 Å². The Morgan fingerprint density at radius 1 is 1.21 bits per heavy atom. The van der Waals surface area contributed by atoms with Gasteiger partial charge >= 0.3 is 0 Å². The summed E-state index contributed by atoms with van der Waals surface area (Å²) < 4.78 is 5.50. The number of carbonyl (C=O) groups excluding carboxylic acids is 1. The minimum Gasteiger partial charge on any atom is -0.494 e. The minimum absolute atomic E-state index is 0. The molecule has 2 aliphatic rings. The van der Waals surface area contributed by atoms with Gasteiger partial charge in [0.2, 0.25) is 0 Å². The average Bonchev–Trinajstić information content (AvgIpc) is 3.23. The zero-order chi connectivity index (χ0) is 19.0. The van der Waals surface area contributed by atoms with Crippen molar-refractivity contribution in [3.8, 4) is 16.3 Å². The second kappa shape index (κ2) is 10.1. The summed E-state index contributed by atoms with van der Waals surface area (Å²) in [6.07, 6.45) is 4.60. The molecule has 160 valence electrons. The number of ether oxygens (including phenoxy) is 1. The van der Waals surface area contributed by atoms with Gasteiger partial charge < -0.3 is 15.0 Å². The van der Waals surface area contributed by atoms with Crippen LogP contribution in [0.5, 0.6) is 5.75 Å². The molecule has 0 saturated carbocycles. The van der Waals surface area contributed by atoms with Crippen LogP contribution in [-0.4, -0.2) is 47.6 Å². The molecule has 0 aliphatic carbocycles. The summed E-state index contributed by atoms with van der Waals surface area (Å²) >= 11 is 1.49. The lowest BCUT2D eigenvalue weighted by Crippen LogP contribution is -2.48. The lowest BCUT2D eigenvalue weighted by Gasteiger charge is -2.35. The lowest BCUT2D eigenvalue weighted by atomic mass is 9.98. The maximum absolute atomic E-state index is 13.1. The number of piperidine rings is 1. The van der Waals surface area contributed by atoms with Gasteiger partial charge in [-0.3, -0.25) is 4.79 Å². The molecule has 4 rings (SSSR count). The molecule has 1 N–H and O–H groups in total. The molecule has 1 aromatic carbocycles. The number of nitrogens with one attached hydrogen (secondary N) is 1. The fourth-order valence-electron chi connectivity index (χ4n) is 4.25. The predicted molar refractivity (Wildman–Crippen MR) is 123 cm³/mol. The Hall–Kier alpha value is -1.34. The SMILES string of the molecule is CCOc1ccc(-c2nc(C)c(C(=O)N(C)C3CC4CCC(C3)N4)s2)cc1.Cl.Cl. The van der Waals surface area contributed by atoms with Gasteiger partial charge in [-0.05, 0) is 63.8 Å². The Balaban J connectivity index is 0.00000150. The minimum atomic E-state index is 0. The van der Waals surface area contributed by atoms with Gasteiger partial charge in [-0.15, -0.1) is 36.2 Å². The average molecular weight is 458 g/mol. The third-order valence-corrected chi connectivity index (χ3v) is 6.91. The van der Waals surface area contributed by atoms with Crippen LogP contribution in [0, 0.1) is 6.92 Å². The Kier molecular flexibility index (Phi) is 8.35. The van der Waals surface area contributed by atoms with E-state index in [0.717, 1.165) is 39.7 Å². The van der Waals surface area contributed by atoms with Gasteiger partial charge in [-0.1, -0.05) is 0 Å². The van der Waals surface area contributed by atoms with Gasteiger partial charge in [0.25, 0.3) is 5.91 Å². The topological polar surface area (TPSA) is 54.5 Å². The second-order valence-electron chi connectivity index (χ2n) is 7.57. The van der Waals surface area contributed by atoms with Crippen LogP contribution >= 0.6 is 36.2 Å². The zero-order valence-corrected chi connectivity index (χ0v) is 19.5. The number of aromatic nitrogens is 1. The number of rotatable bonds is 5. The molecular formula is C21H29Cl2N3O2S. The number of hydrogen-bond acceptors (Lipinski definition) is 5. The smallest absolute Gasteiger partial charge is 0.265 e. The largest absolute Gasteiger partial charge is 0.494 e. The molecule has 3 heterocycles. The number of aryl methyl sites for hydroxylation is 1. The summed E-state index contributed by atoms with van der Waals surface area (Å²) in [7, 11) is 1.95. The highest BCUT2D eigenvalue weighted by atomic mass is 35.5. The quantitative estimate of drug-likeness (QED) is 0.705. The van der Waals surface area contributed by atoms with Crippen molar-refractivity contribution in [2.24, 2.45) is 0 Å². The first-order chi connectivity index (χ1) is 13.0. The van der Waals surface area contributed by atoms with E-state index < -0.39 is 0 Å². The number of fused-ring (bicyclic) bond motifs is 2. The van der Waals surface area contributed by atoms with Crippen molar-refractivity contribution in [2.45, 2.75) is 57.7 Å². The molecule has 0 radical (unpaired) electrons. The van der Waals surface area contributed by atoms with Crippen LogP contribution in [0.25, 0.3) is 10.6 Å². The van der Waals surface area contributed by atoms with Crippen molar-refractivity contribution < 1.29 is 9.53 Å². The summed E-state index contributed by atoms with van der Waals surface area (Å²) in [5.41, 5.74) is 1.84. The van der Waals surface area contributed by atoms with E-state index in [2.05, 4.69) is 10.3 Å². The van der Waals surface area contributed by atoms with E-state index in [1.165, 1.54) is 24.2 Å². The van der Waals surface area contributed by atoms with Crippen molar-refractivity contribution in [3.63, 3.8) is 0 Å². The molecule has 2 bridgehead atoms. The van der Waals surface area contributed by atoms with Gasteiger partial charge in [-0.25, -0.2) is 4.98 Å². The summed E-state index contributed by atoms with van der Waals surface area (Å²) in [5.74, 6) is 0.958. The molecule has 2 saturated heterocycles. The van der Waals surface area contributed by atoms with E-state index in [0.29, 0.717) is 24.7 Å². The van der Waals surface area contributed by atoms with Crippen LogP contribution in [0.4, 0.5) is 0 Å². The first-order valence-electron chi connectivity index (χ1n) is 9.79. The van der Waals surface area contributed by atoms with E-state index >= 15 is 0 Å². The number of halogens is 2. The summed E-state index contributed by atoms with van der Waals surface area (Å²) in [6, 6.07) is 9.39. The second-order valence-corrected chi connectivity index (χ2v) is 8.57. The number of amides is 1. The Bertz CT molecular complexity index is 816. The number of benzene rings is 1. The van der Waals surface area contributed by atoms with Gasteiger partial charge in [0.1, 0.15) is 15.6 Å². The first kappa shape index (κ1) is 23.9. The van der Waals surface area contributed by atoms with E-state index in [9.17, 15) is 4.79 Å². The van der Waals surface area contributed by atoms with Gasteiger partial charge in [-0.2, -0.15) is 0 Å². The van der Waals surface area contributed by atoms with Crippen molar-refractivity contribution in [3.05, 3.63) is 34.8 Å². The molecule has 2 aromatic rings. The molecule has 1 aromatic heterocycles. The number of nitrogens with zero attached hydrogens (tertiary/aromatic N) is 2. The van der Waals surface area contributed by atoms with Gasteiger partial charge in [0, 0.05) is 30.7 Å².